The van der Waals surface area contributed by atoms with E-state index in [0.717, 1.165) is 46.1 Å². The van der Waals surface area contributed by atoms with Crippen molar-refractivity contribution >= 4 is 19.0 Å². The molecular formula is C26H22BFO6. The van der Waals surface area contributed by atoms with E-state index in [2.05, 4.69) is 38.2 Å². The summed E-state index contributed by atoms with van der Waals surface area (Å²) in [5.74, 6) is 7.18. The van der Waals surface area contributed by atoms with Crippen LogP contribution in [0.5, 0.6) is 23.0 Å². The Kier molecular flexibility index (Phi) is 7.20. The summed E-state index contributed by atoms with van der Waals surface area (Å²) in [5.41, 5.74) is 0. The van der Waals surface area contributed by atoms with Gasteiger partial charge in [-0.1, -0.05) is 50.3 Å². The predicted octanol–water partition coefficient (Wildman–Crippen LogP) is 3.64. The smallest absolute Gasteiger partial charge is 0.395 e. The van der Waals surface area contributed by atoms with Crippen LogP contribution in [-0.2, 0) is 8.85 Å². The summed E-state index contributed by atoms with van der Waals surface area (Å²) in [6, 6.07) is 15.4. The van der Waals surface area contributed by atoms with Crippen LogP contribution in [0.1, 0.15) is 13.8 Å². The van der Waals surface area contributed by atoms with Crippen LogP contribution in [0, 0.1) is 11.8 Å². The molecule has 0 fully saturated rings. The van der Waals surface area contributed by atoms with Gasteiger partial charge in [-0.2, -0.15) is 8.85 Å². The highest BCUT2D eigenvalue weighted by atomic mass is 19.1. The minimum absolute atomic E-state index is 0.401. The third-order valence-electron chi connectivity index (χ3n) is 4.99. The Morgan fingerprint density at radius 3 is 1.53 bits per heavy atom. The molecule has 0 bridgehead atoms. The van der Waals surface area contributed by atoms with E-state index < -0.39 is 7.40 Å². The van der Waals surface area contributed by atoms with Gasteiger partial charge in [0.15, 0.2) is 0 Å². The zero-order chi connectivity index (χ0) is 24.1. The van der Waals surface area contributed by atoms with Gasteiger partial charge in [0.2, 0.25) is 23.0 Å². The number of ketones is 2. The van der Waals surface area contributed by atoms with Gasteiger partial charge >= 0.3 is 23.1 Å². The Balaban J connectivity index is 0.000000140. The van der Waals surface area contributed by atoms with E-state index in [-0.39, 0.29) is 0 Å². The van der Waals surface area contributed by atoms with E-state index in [1.807, 2.05) is 60.7 Å². The Morgan fingerprint density at radius 1 is 0.735 bits per heavy atom. The number of carbonyl (C=O) groups excluding carboxylic acids is 2. The van der Waals surface area contributed by atoms with Crippen molar-refractivity contribution in [3.8, 4) is 23.0 Å². The van der Waals surface area contributed by atoms with Crippen LogP contribution in [0.4, 0.5) is 4.32 Å². The van der Waals surface area contributed by atoms with Gasteiger partial charge in [-0.25, -0.2) is 0 Å². The molecule has 2 unspecified atom stereocenters. The standard InChI is InChI=1S/2C13H11O2.BFO2/c2*1-9-6-7-12-13(8-9)15-11-5-3-2-4-10(11)14-12;2-1(3)4/h2*2-9H,1H3;/q2*+1;-2. The second-order valence-corrected chi connectivity index (χ2v) is 7.80. The fourth-order valence-corrected chi connectivity index (χ4v) is 3.44. The maximum absolute atomic E-state index is 9.89. The first-order valence-electron chi connectivity index (χ1n) is 10.8. The van der Waals surface area contributed by atoms with Crippen molar-refractivity contribution in [3.05, 3.63) is 96.5 Å². The summed E-state index contributed by atoms with van der Waals surface area (Å²) >= 11 is 0. The maximum atomic E-state index is 9.89. The van der Waals surface area contributed by atoms with E-state index in [1.165, 1.54) is 0 Å². The number of fused-ring (bicyclic) bond motifs is 4. The number of hydrogen-bond acceptors (Lipinski definition) is 4. The Bertz CT molecular complexity index is 1150. The van der Waals surface area contributed by atoms with Gasteiger partial charge in [0.05, 0.1) is 0 Å². The first-order chi connectivity index (χ1) is 16.4. The van der Waals surface area contributed by atoms with Gasteiger partial charge in [0, 0.05) is 24.3 Å². The second kappa shape index (κ2) is 10.5. The lowest BCUT2D eigenvalue weighted by Gasteiger charge is -2.12. The van der Waals surface area contributed by atoms with E-state index in [0.29, 0.717) is 11.8 Å². The molecule has 2 aromatic carbocycles. The van der Waals surface area contributed by atoms with Crippen LogP contribution < -0.4 is 19.5 Å². The second-order valence-electron chi connectivity index (χ2n) is 7.80. The fourth-order valence-electron chi connectivity index (χ4n) is 3.44. The molecule has 0 radical (unpaired) electrons. The van der Waals surface area contributed by atoms with Crippen molar-refractivity contribution in [2.24, 2.45) is 11.8 Å². The molecule has 0 saturated carbocycles. The molecule has 172 valence electrons. The van der Waals surface area contributed by atoms with Crippen molar-refractivity contribution in [2.45, 2.75) is 13.8 Å². The average Bonchev–Trinajstić information content (AvgIpc) is 2.81. The van der Waals surface area contributed by atoms with Crippen LogP contribution in [0.3, 0.4) is 0 Å². The fraction of sp³-hybridized carbons (Fsp3) is 0.154. The Morgan fingerprint density at radius 2 is 1.12 bits per heavy atom. The summed E-state index contributed by atoms with van der Waals surface area (Å²) in [4.78, 5) is 0. The molecule has 2 atom stereocenters. The molecular weight excluding hydrogens is 438 g/mol. The molecule has 6 rings (SSSR count). The zero-order valence-corrected chi connectivity index (χ0v) is 18.6. The molecule has 6 nitrogen and oxygen atoms in total. The van der Waals surface area contributed by atoms with E-state index >= 15 is 0 Å². The van der Waals surface area contributed by atoms with E-state index in [9.17, 15) is 4.32 Å². The predicted molar refractivity (Wildman–Crippen MR) is 123 cm³/mol. The number of halogens is 1. The van der Waals surface area contributed by atoms with Crippen LogP contribution in [-0.4, -0.2) is 19.0 Å². The summed E-state index contributed by atoms with van der Waals surface area (Å²) in [7, 11) is -3.17. The van der Waals surface area contributed by atoms with E-state index in [4.69, 9.17) is 28.4 Å². The first kappa shape index (κ1) is 23.4. The van der Waals surface area contributed by atoms with E-state index in [1.54, 1.807) is 0 Å². The maximum Gasteiger partial charge on any atom is 0.395 e. The number of allylic oxidation sites excluding steroid dienone is 6. The molecule has 8 heteroatoms. The van der Waals surface area contributed by atoms with Gasteiger partial charge in [-0.3, -0.25) is 0 Å². The SMILES string of the molecule is CC1C=CC2=[O+]c3ccccc3OC2=C1.CC1C=CC2=[O+]c3ccccc3OC2=C1.[O-]B([O-])F. The van der Waals surface area contributed by atoms with Crippen molar-refractivity contribution in [1.29, 1.82) is 0 Å². The van der Waals surface area contributed by atoms with Crippen LogP contribution in [0.2, 0.25) is 0 Å². The van der Waals surface area contributed by atoms with Crippen LogP contribution in [0.15, 0.2) is 96.5 Å². The molecule has 2 aliphatic carbocycles. The lowest BCUT2D eigenvalue weighted by atomic mass is 10.0. The molecule has 2 heterocycles. The molecule has 34 heavy (non-hydrogen) atoms. The minimum Gasteiger partial charge on any atom is -0.867 e. The quantitative estimate of drug-likeness (QED) is 0.444. The highest BCUT2D eigenvalue weighted by molar-refractivity contribution is 6.27. The number of hydrogen-bond donors (Lipinski definition) is 0. The van der Waals surface area contributed by atoms with Gasteiger partial charge in [-0.05, 0) is 36.1 Å². The van der Waals surface area contributed by atoms with Crippen molar-refractivity contribution < 1.29 is 32.7 Å². The molecule has 2 aromatic rings. The molecule has 0 amide bonds. The molecule has 0 aromatic heterocycles. The Labute approximate surface area is 197 Å². The normalized spacial score (nSPS) is 20.3. The molecule has 4 aliphatic rings. The highest BCUT2D eigenvalue weighted by Crippen LogP contribution is 2.35. The third-order valence-corrected chi connectivity index (χ3v) is 4.99. The first-order valence-corrected chi connectivity index (χ1v) is 10.8. The largest absolute Gasteiger partial charge is 0.867 e. The summed E-state index contributed by atoms with van der Waals surface area (Å²) in [5, 5.41) is 16.6. The summed E-state index contributed by atoms with van der Waals surface area (Å²) < 4.78 is 32.8. The van der Waals surface area contributed by atoms with Gasteiger partial charge in [0.25, 0.3) is 0 Å². The topological polar surface area (TPSA) is 87.2 Å². The Hall–Kier alpha value is -3.75. The van der Waals surface area contributed by atoms with Crippen molar-refractivity contribution in [1.82, 2.24) is 0 Å². The third kappa shape index (κ3) is 5.78. The molecule has 0 spiro atoms. The molecule has 0 saturated heterocycles. The molecule has 2 aliphatic heterocycles. The minimum atomic E-state index is -3.17. The number of rotatable bonds is 0. The van der Waals surface area contributed by atoms with Crippen LogP contribution >= 0.6 is 0 Å². The lowest BCUT2D eigenvalue weighted by molar-refractivity contribution is -0.370. The highest BCUT2D eigenvalue weighted by Gasteiger charge is 2.32. The number of para-hydroxylation sites is 4. The molecule has 0 N–H and O–H groups in total. The van der Waals surface area contributed by atoms with Crippen molar-refractivity contribution in [3.63, 3.8) is 0 Å². The van der Waals surface area contributed by atoms with Crippen LogP contribution in [0.25, 0.3) is 0 Å². The summed E-state index contributed by atoms with van der Waals surface area (Å²) in [6.45, 7) is 4.23. The van der Waals surface area contributed by atoms with Crippen molar-refractivity contribution in [2.75, 3.05) is 0 Å². The summed E-state index contributed by atoms with van der Waals surface area (Å²) in [6.07, 6.45) is 12.2. The zero-order valence-electron chi connectivity index (χ0n) is 18.6. The van der Waals surface area contributed by atoms with Gasteiger partial charge in [0.1, 0.15) is 7.40 Å². The average molecular weight is 460 g/mol. The van der Waals surface area contributed by atoms with Gasteiger partial charge < -0.3 is 23.8 Å². The number of benzene rings is 2. The number of ether oxygens (including phenoxy) is 2. The monoisotopic (exact) mass is 460 g/mol. The lowest BCUT2D eigenvalue weighted by Crippen LogP contribution is -2.39. The van der Waals surface area contributed by atoms with Gasteiger partial charge in [-0.15, -0.1) is 0 Å².